The van der Waals surface area contributed by atoms with Gasteiger partial charge in [0.25, 0.3) is 0 Å². The lowest BCUT2D eigenvalue weighted by atomic mass is 9.84. The standard InChI is InChI=1S/C12H18O/c1-9-5-3-4-6-11-10(9)7-8-12(11,2)13/h4,6,10-11,13H,1,3,5,7-8H2,2H3/t10-,11+,12-/m0/s1. The molecule has 1 saturated carbocycles. The van der Waals surface area contributed by atoms with E-state index in [0.717, 1.165) is 25.7 Å². The van der Waals surface area contributed by atoms with E-state index in [0.29, 0.717) is 11.8 Å². The first-order chi connectivity index (χ1) is 6.11. The molecule has 0 amide bonds. The Balaban J connectivity index is 2.28. The molecule has 0 spiro atoms. The fraction of sp³-hybridized carbons (Fsp3) is 0.667. The molecule has 1 N–H and O–H groups in total. The summed E-state index contributed by atoms with van der Waals surface area (Å²) in [5.41, 5.74) is 0.849. The van der Waals surface area contributed by atoms with Crippen molar-refractivity contribution in [2.75, 3.05) is 0 Å². The fourth-order valence-electron chi connectivity index (χ4n) is 2.72. The minimum atomic E-state index is -0.492. The Hall–Kier alpha value is -0.560. The van der Waals surface area contributed by atoms with Crippen LogP contribution in [0.1, 0.15) is 32.6 Å². The molecule has 13 heavy (non-hydrogen) atoms. The lowest BCUT2D eigenvalue weighted by molar-refractivity contribution is 0.0333. The highest BCUT2D eigenvalue weighted by Gasteiger charge is 2.43. The summed E-state index contributed by atoms with van der Waals surface area (Å²) in [5.74, 6) is 0.858. The first kappa shape index (κ1) is 9.01. The minimum Gasteiger partial charge on any atom is -0.390 e. The Kier molecular flexibility index (Phi) is 2.07. The number of rotatable bonds is 0. The van der Waals surface area contributed by atoms with Crippen molar-refractivity contribution in [2.24, 2.45) is 11.8 Å². The second kappa shape index (κ2) is 2.98. The normalized spacial score (nSPS) is 44.6. The van der Waals surface area contributed by atoms with Crippen LogP contribution in [0.3, 0.4) is 0 Å². The van der Waals surface area contributed by atoms with Gasteiger partial charge >= 0.3 is 0 Å². The summed E-state index contributed by atoms with van der Waals surface area (Å²) in [5, 5.41) is 10.1. The highest BCUT2D eigenvalue weighted by molar-refractivity contribution is 5.18. The topological polar surface area (TPSA) is 20.2 Å². The van der Waals surface area contributed by atoms with Gasteiger partial charge in [-0.3, -0.25) is 0 Å². The van der Waals surface area contributed by atoms with Crippen LogP contribution in [-0.2, 0) is 0 Å². The molecule has 0 aromatic carbocycles. The lowest BCUT2D eigenvalue weighted by Gasteiger charge is -2.26. The van der Waals surface area contributed by atoms with Crippen LogP contribution in [0.5, 0.6) is 0 Å². The van der Waals surface area contributed by atoms with Crippen LogP contribution < -0.4 is 0 Å². The van der Waals surface area contributed by atoms with Crippen molar-refractivity contribution in [1.82, 2.24) is 0 Å². The summed E-state index contributed by atoms with van der Waals surface area (Å²) < 4.78 is 0. The van der Waals surface area contributed by atoms with Crippen molar-refractivity contribution in [3.8, 4) is 0 Å². The van der Waals surface area contributed by atoms with E-state index in [4.69, 9.17) is 0 Å². The average Bonchev–Trinajstić information content (AvgIpc) is 2.26. The molecule has 0 bridgehead atoms. The van der Waals surface area contributed by atoms with Crippen molar-refractivity contribution < 1.29 is 5.11 Å². The molecule has 2 rings (SSSR count). The molecule has 72 valence electrons. The molecule has 0 heterocycles. The van der Waals surface area contributed by atoms with E-state index in [1.165, 1.54) is 5.57 Å². The Bertz CT molecular complexity index is 250. The van der Waals surface area contributed by atoms with Crippen LogP contribution >= 0.6 is 0 Å². The molecule has 1 nitrogen and oxygen atoms in total. The van der Waals surface area contributed by atoms with Gasteiger partial charge in [-0.1, -0.05) is 24.3 Å². The fourth-order valence-corrected chi connectivity index (χ4v) is 2.72. The summed E-state index contributed by atoms with van der Waals surface area (Å²) in [6.07, 6.45) is 8.65. The molecule has 1 fully saturated rings. The van der Waals surface area contributed by atoms with E-state index in [2.05, 4.69) is 18.7 Å². The smallest absolute Gasteiger partial charge is 0.0688 e. The van der Waals surface area contributed by atoms with Crippen molar-refractivity contribution >= 4 is 0 Å². The van der Waals surface area contributed by atoms with Crippen molar-refractivity contribution in [1.29, 1.82) is 0 Å². The van der Waals surface area contributed by atoms with E-state index in [-0.39, 0.29) is 0 Å². The van der Waals surface area contributed by atoms with Gasteiger partial charge in [-0.25, -0.2) is 0 Å². The average molecular weight is 178 g/mol. The number of aliphatic hydroxyl groups is 1. The van der Waals surface area contributed by atoms with Crippen LogP contribution in [0.15, 0.2) is 24.3 Å². The van der Waals surface area contributed by atoms with E-state index in [1.807, 2.05) is 6.92 Å². The van der Waals surface area contributed by atoms with Gasteiger partial charge < -0.3 is 5.11 Å². The largest absolute Gasteiger partial charge is 0.390 e. The van der Waals surface area contributed by atoms with Gasteiger partial charge in [-0.2, -0.15) is 0 Å². The quantitative estimate of drug-likeness (QED) is 0.565. The Morgan fingerprint density at radius 3 is 3.15 bits per heavy atom. The highest BCUT2D eigenvalue weighted by atomic mass is 16.3. The Morgan fingerprint density at radius 2 is 2.38 bits per heavy atom. The van der Waals surface area contributed by atoms with Gasteiger partial charge in [0, 0.05) is 5.92 Å². The van der Waals surface area contributed by atoms with Crippen LogP contribution in [0.4, 0.5) is 0 Å². The third kappa shape index (κ3) is 1.46. The molecule has 0 unspecified atom stereocenters. The summed E-state index contributed by atoms with van der Waals surface area (Å²) in [4.78, 5) is 0. The maximum Gasteiger partial charge on any atom is 0.0688 e. The summed E-state index contributed by atoms with van der Waals surface area (Å²) in [6.45, 7) is 6.09. The van der Waals surface area contributed by atoms with Gasteiger partial charge in [-0.15, -0.1) is 0 Å². The van der Waals surface area contributed by atoms with Gasteiger partial charge in [-0.05, 0) is 38.5 Å². The van der Waals surface area contributed by atoms with Crippen LogP contribution in [0.25, 0.3) is 0 Å². The van der Waals surface area contributed by atoms with Crippen LogP contribution in [0, 0.1) is 11.8 Å². The molecule has 0 aromatic heterocycles. The third-order valence-corrected chi connectivity index (χ3v) is 3.61. The zero-order chi connectivity index (χ0) is 9.47. The predicted octanol–water partition coefficient (Wildman–Crippen LogP) is 2.67. The molecular formula is C12H18O. The molecule has 3 atom stereocenters. The van der Waals surface area contributed by atoms with Crippen molar-refractivity contribution in [3.05, 3.63) is 24.3 Å². The lowest BCUT2D eigenvalue weighted by Crippen LogP contribution is -2.30. The first-order valence-electron chi connectivity index (χ1n) is 5.18. The van der Waals surface area contributed by atoms with Gasteiger partial charge in [0.05, 0.1) is 5.60 Å². The van der Waals surface area contributed by atoms with Gasteiger partial charge in [0.2, 0.25) is 0 Å². The number of fused-ring (bicyclic) bond motifs is 1. The van der Waals surface area contributed by atoms with E-state index in [1.54, 1.807) is 0 Å². The SMILES string of the molecule is C=C1CCC=C[C@@H]2[C@H]1CC[C@]2(C)O. The van der Waals surface area contributed by atoms with Crippen molar-refractivity contribution in [2.45, 2.75) is 38.2 Å². The summed E-state index contributed by atoms with van der Waals surface area (Å²) in [7, 11) is 0. The summed E-state index contributed by atoms with van der Waals surface area (Å²) >= 11 is 0. The van der Waals surface area contributed by atoms with E-state index < -0.39 is 5.60 Å². The zero-order valence-corrected chi connectivity index (χ0v) is 8.29. The molecule has 0 aliphatic heterocycles. The monoisotopic (exact) mass is 178 g/mol. The maximum atomic E-state index is 10.1. The first-order valence-corrected chi connectivity index (χ1v) is 5.18. The van der Waals surface area contributed by atoms with Gasteiger partial charge in [0.1, 0.15) is 0 Å². The Morgan fingerprint density at radius 1 is 1.62 bits per heavy atom. The molecule has 0 radical (unpaired) electrons. The molecule has 2 aliphatic rings. The predicted molar refractivity (Wildman–Crippen MR) is 54.4 cm³/mol. The molecule has 2 aliphatic carbocycles. The van der Waals surface area contributed by atoms with Crippen LogP contribution in [0.2, 0.25) is 0 Å². The second-order valence-corrected chi connectivity index (χ2v) is 4.65. The highest BCUT2D eigenvalue weighted by Crippen LogP contribution is 2.46. The van der Waals surface area contributed by atoms with E-state index in [9.17, 15) is 5.11 Å². The van der Waals surface area contributed by atoms with Gasteiger partial charge in [0.15, 0.2) is 0 Å². The Labute approximate surface area is 80.2 Å². The molecular weight excluding hydrogens is 160 g/mol. The zero-order valence-electron chi connectivity index (χ0n) is 8.29. The molecule has 0 aromatic rings. The maximum absolute atomic E-state index is 10.1. The number of hydrogen-bond donors (Lipinski definition) is 1. The second-order valence-electron chi connectivity index (χ2n) is 4.65. The minimum absolute atomic E-state index is 0.322. The molecule has 1 heteroatoms. The third-order valence-electron chi connectivity index (χ3n) is 3.61. The summed E-state index contributed by atoms with van der Waals surface area (Å²) in [6, 6.07) is 0. The number of allylic oxidation sites excluding steroid dienone is 2. The van der Waals surface area contributed by atoms with Crippen molar-refractivity contribution in [3.63, 3.8) is 0 Å². The molecule has 0 saturated heterocycles. The van der Waals surface area contributed by atoms with Crippen LogP contribution in [-0.4, -0.2) is 10.7 Å². The van der Waals surface area contributed by atoms with E-state index >= 15 is 0 Å². The number of hydrogen-bond acceptors (Lipinski definition) is 1.